The highest BCUT2D eigenvalue weighted by molar-refractivity contribution is 5.81. The molecule has 0 spiro atoms. The molecule has 1 saturated heterocycles. The lowest BCUT2D eigenvalue weighted by Gasteiger charge is -2.35. The van der Waals surface area contributed by atoms with Crippen molar-refractivity contribution >= 4 is 16.9 Å². The Hall–Kier alpha value is -1.92. The van der Waals surface area contributed by atoms with Crippen LogP contribution in [0.25, 0.3) is 11.0 Å². The van der Waals surface area contributed by atoms with Crippen LogP contribution in [0.4, 0.5) is 0 Å². The van der Waals surface area contributed by atoms with Crippen molar-refractivity contribution in [3.8, 4) is 0 Å². The quantitative estimate of drug-likeness (QED) is 0.914. The number of amides is 1. The third kappa shape index (κ3) is 3.44. The maximum Gasteiger partial charge on any atom is 0.237 e. The predicted octanol–water partition coefficient (Wildman–Crippen LogP) is 1.13. The number of hydrogen-bond donors (Lipinski definition) is 1. The first-order valence-corrected chi connectivity index (χ1v) is 8.58. The van der Waals surface area contributed by atoms with E-state index in [1.807, 2.05) is 20.9 Å². The number of likely N-dealkylation sites (N-methyl/N-ethyl adjacent to an activating group) is 1. The van der Waals surface area contributed by atoms with Crippen LogP contribution in [-0.2, 0) is 18.4 Å². The lowest BCUT2D eigenvalue weighted by Crippen LogP contribution is -2.52. The van der Waals surface area contributed by atoms with Crippen LogP contribution in [-0.4, -0.2) is 64.5 Å². The normalized spacial score (nSPS) is 18.0. The Morgan fingerprint density at radius 3 is 2.67 bits per heavy atom. The summed E-state index contributed by atoms with van der Waals surface area (Å²) in [6.45, 7) is 8.47. The van der Waals surface area contributed by atoms with Crippen LogP contribution >= 0.6 is 0 Å². The summed E-state index contributed by atoms with van der Waals surface area (Å²) in [5.41, 5.74) is 3.18. The number of nitrogens with zero attached hydrogens (tertiary/aromatic N) is 4. The van der Waals surface area contributed by atoms with E-state index in [0.717, 1.165) is 48.6 Å². The highest BCUT2D eigenvalue weighted by Gasteiger charge is 2.24. The zero-order chi connectivity index (χ0) is 17.3. The lowest BCUT2D eigenvalue weighted by atomic mass is 10.2. The van der Waals surface area contributed by atoms with Crippen LogP contribution in [0.1, 0.15) is 18.3 Å². The number of carbonyl (C=O) groups excluding carboxylic acids is 1. The zero-order valence-electron chi connectivity index (χ0n) is 15.0. The molecule has 0 bridgehead atoms. The predicted molar refractivity (Wildman–Crippen MR) is 95.8 cm³/mol. The molecule has 1 aromatic heterocycles. The SMILES string of the molecule is Cc1nc2cc(CNC(=O)[C@H](C)N3CCN(C)CC3)ccc2n1C. The molecule has 0 saturated carbocycles. The molecular formula is C18H27N5O. The van der Waals surface area contributed by atoms with Crippen molar-refractivity contribution in [2.24, 2.45) is 7.05 Å². The van der Waals surface area contributed by atoms with Crippen molar-refractivity contribution < 1.29 is 4.79 Å². The first-order chi connectivity index (χ1) is 11.5. The number of aryl methyl sites for hydroxylation is 2. The molecule has 2 aromatic rings. The van der Waals surface area contributed by atoms with Gasteiger partial charge in [0.15, 0.2) is 0 Å². The van der Waals surface area contributed by atoms with Gasteiger partial charge in [0, 0.05) is 39.8 Å². The second-order valence-electron chi connectivity index (χ2n) is 6.77. The van der Waals surface area contributed by atoms with Gasteiger partial charge in [-0.05, 0) is 38.6 Å². The van der Waals surface area contributed by atoms with Crippen LogP contribution in [0, 0.1) is 6.92 Å². The minimum Gasteiger partial charge on any atom is -0.351 e. The largest absolute Gasteiger partial charge is 0.351 e. The van der Waals surface area contributed by atoms with E-state index in [4.69, 9.17) is 0 Å². The molecule has 1 atom stereocenters. The summed E-state index contributed by atoms with van der Waals surface area (Å²) in [7, 11) is 4.14. The second kappa shape index (κ2) is 6.91. The highest BCUT2D eigenvalue weighted by atomic mass is 16.2. The Labute approximate surface area is 143 Å². The Morgan fingerprint density at radius 1 is 1.25 bits per heavy atom. The second-order valence-corrected chi connectivity index (χ2v) is 6.77. The average molecular weight is 329 g/mol. The van der Waals surface area contributed by atoms with Gasteiger partial charge in [-0.1, -0.05) is 6.07 Å². The molecule has 6 nitrogen and oxygen atoms in total. The number of nitrogens with one attached hydrogen (secondary N) is 1. The molecule has 130 valence electrons. The third-order valence-electron chi connectivity index (χ3n) is 5.10. The topological polar surface area (TPSA) is 53.4 Å². The van der Waals surface area contributed by atoms with Crippen molar-refractivity contribution in [3.63, 3.8) is 0 Å². The molecule has 1 aliphatic rings. The summed E-state index contributed by atoms with van der Waals surface area (Å²) in [5, 5.41) is 3.06. The van der Waals surface area contributed by atoms with Crippen LogP contribution in [0.15, 0.2) is 18.2 Å². The van der Waals surface area contributed by atoms with Crippen LogP contribution in [0.5, 0.6) is 0 Å². The smallest absolute Gasteiger partial charge is 0.237 e. The number of rotatable bonds is 4. The first-order valence-electron chi connectivity index (χ1n) is 8.58. The fourth-order valence-corrected chi connectivity index (χ4v) is 3.19. The minimum absolute atomic E-state index is 0.0838. The number of aromatic nitrogens is 2. The lowest BCUT2D eigenvalue weighted by molar-refractivity contribution is -0.126. The monoisotopic (exact) mass is 329 g/mol. The van der Waals surface area contributed by atoms with Crippen molar-refractivity contribution in [1.29, 1.82) is 0 Å². The van der Waals surface area contributed by atoms with Gasteiger partial charge in [-0.3, -0.25) is 9.69 Å². The van der Waals surface area contributed by atoms with E-state index in [0.29, 0.717) is 6.54 Å². The van der Waals surface area contributed by atoms with Crippen molar-refractivity contribution in [2.45, 2.75) is 26.4 Å². The highest BCUT2D eigenvalue weighted by Crippen LogP contribution is 2.16. The van der Waals surface area contributed by atoms with Crippen molar-refractivity contribution in [1.82, 2.24) is 24.7 Å². The maximum atomic E-state index is 12.4. The Balaban J connectivity index is 1.59. The van der Waals surface area contributed by atoms with Gasteiger partial charge in [0.1, 0.15) is 5.82 Å². The third-order valence-corrected chi connectivity index (χ3v) is 5.10. The van der Waals surface area contributed by atoms with E-state index in [2.05, 4.69) is 49.9 Å². The Bertz CT molecular complexity index is 730. The van der Waals surface area contributed by atoms with Gasteiger partial charge < -0.3 is 14.8 Å². The molecule has 2 heterocycles. The van der Waals surface area contributed by atoms with E-state index in [9.17, 15) is 4.79 Å². The summed E-state index contributed by atoms with van der Waals surface area (Å²) in [6, 6.07) is 6.10. The van der Waals surface area contributed by atoms with E-state index in [1.54, 1.807) is 0 Å². The standard InChI is InChI=1S/C18H27N5O/c1-13(23-9-7-21(3)8-10-23)18(24)19-12-15-5-6-17-16(11-15)20-14(2)22(17)4/h5-6,11,13H,7-10,12H2,1-4H3,(H,19,24)/t13-/m0/s1. The minimum atomic E-state index is -0.0838. The molecule has 0 radical (unpaired) electrons. The summed E-state index contributed by atoms with van der Waals surface area (Å²) in [5.74, 6) is 1.09. The van der Waals surface area contributed by atoms with Crippen LogP contribution in [0.3, 0.4) is 0 Å². The van der Waals surface area contributed by atoms with E-state index >= 15 is 0 Å². The van der Waals surface area contributed by atoms with Crippen LogP contribution < -0.4 is 5.32 Å². The number of fused-ring (bicyclic) bond motifs is 1. The fraction of sp³-hybridized carbons (Fsp3) is 0.556. The van der Waals surface area contributed by atoms with Gasteiger partial charge in [0.2, 0.25) is 5.91 Å². The summed E-state index contributed by atoms with van der Waals surface area (Å²) >= 11 is 0. The van der Waals surface area contributed by atoms with Gasteiger partial charge in [-0.15, -0.1) is 0 Å². The Morgan fingerprint density at radius 2 is 1.96 bits per heavy atom. The van der Waals surface area contributed by atoms with Gasteiger partial charge in [0.25, 0.3) is 0 Å². The molecular weight excluding hydrogens is 302 g/mol. The maximum absolute atomic E-state index is 12.4. The van der Waals surface area contributed by atoms with Crippen LogP contribution in [0.2, 0.25) is 0 Å². The number of imidazole rings is 1. The fourth-order valence-electron chi connectivity index (χ4n) is 3.19. The molecule has 6 heteroatoms. The molecule has 0 aliphatic carbocycles. The number of carbonyl (C=O) groups is 1. The van der Waals surface area contributed by atoms with E-state index in [-0.39, 0.29) is 11.9 Å². The van der Waals surface area contributed by atoms with Crippen molar-refractivity contribution in [3.05, 3.63) is 29.6 Å². The molecule has 1 aromatic carbocycles. The Kier molecular flexibility index (Phi) is 4.87. The molecule has 1 aliphatic heterocycles. The zero-order valence-corrected chi connectivity index (χ0v) is 15.0. The van der Waals surface area contributed by atoms with Crippen molar-refractivity contribution in [2.75, 3.05) is 33.2 Å². The molecule has 1 N–H and O–H groups in total. The number of hydrogen-bond acceptors (Lipinski definition) is 4. The summed E-state index contributed by atoms with van der Waals surface area (Å²) in [6.07, 6.45) is 0. The molecule has 3 rings (SSSR count). The average Bonchev–Trinajstić information content (AvgIpc) is 2.86. The molecule has 24 heavy (non-hydrogen) atoms. The summed E-state index contributed by atoms with van der Waals surface area (Å²) < 4.78 is 2.08. The van der Waals surface area contributed by atoms with Gasteiger partial charge in [0.05, 0.1) is 17.1 Å². The molecule has 1 fully saturated rings. The van der Waals surface area contributed by atoms with Gasteiger partial charge >= 0.3 is 0 Å². The molecule has 0 unspecified atom stereocenters. The number of benzene rings is 1. The van der Waals surface area contributed by atoms with Gasteiger partial charge in [-0.25, -0.2) is 4.98 Å². The van der Waals surface area contributed by atoms with Gasteiger partial charge in [-0.2, -0.15) is 0 Å². The number of piperazine rings is 1. The first kappa shape index (κ1) is 16.9. The van der Waals surface area contributed by atoms with E-state index < -0.39 is 0 Å². The van der Waals surface area contributed by atoms with E-state index in [1.165, 1.54) is 0 Å². The summed E-state index contributed by atoms with van der Waals surface area (Å²) in [4.78, 5) is 21.5. The molecule has 1 amide bonds.